The molecule has 14 heteroatoms. The van der Waals surface area contributed by atoms with Crippen molar-refractivity contribution >= 4 is 29.1 Å². The fourth-order valence-corrected chi connectivity index (χ4v) is 3.83. The molecule has 2 aromatic heterocycles. The van der Waals surface area contributed by atoms with Crippen molar-refractivity contribution in [2.45, 2.75) is 24.8 Å². The molecule has 3 amide bonds. The molecule has 1 fully saturated rings. The largest absolute Gasteiger partial charge is 0.417 e. The van der Waals surface area contributed by atoms with Crippen molar-refractivity contribution in [3.8, 4) is 0 Å². The van der Waals surface area contributed by atoms with E-state index in [-0.39, 0.29) is 24.3 Å². The van der Waals surface area contributed by atoms with Crippen molar-refractivity contribution in [3.63, 3.8) is 0 Å². The van der Waals surface area contributed by atoms with Crippen molar-refractivity contribution < 1.29 is 27.2 Å². The van der Waals surface area contributed by atoms with Gasteiger partial charge in [-0.1, -0.05) is 0 Å². The summed E-state index contributed by atoms with van der Waals surface area (Å²) in [6, 6.07) is 0.218. The van der Waals surface area contributed by atoms with Crippen LogP contribution < -0.4 is 26.8 Å². The number of nitrogen functional groups attached to an aromatic ring is 1. The average molecular weight is 499 g/mol. The summed E-state index contributed by atoms with van der Waals surface area (Å²) in [6.07, 6.45) is -4.05. The third-order valence-corrected chi connectivity index (χ3v) is 5.82. The number of halogens is 4. The number of aryl methyl sites for hydroxylation is 1. The summed E-state index contributed by atoms with van der Waals surface area (Å²) in [5.41, 5.74) is 3.83. The summed E-state index contributed by atoms with van der Waals surface area (Å²) in [4.78, 5) is 43.5. The maximum atomic E-state index is 15.1. The van der Waals surface area contributed by atoms with E-state index in [1.165, 1.54) is 26.4 Å². The van der Waals surface area contributed by atoms with Gasteiger partial charge in [0.05, 0.1) is 35.6 Å². The molecule has 3 heterocycles. The molecule has 2 atom stereocenters. The lowest BCUT2D eigenvalue weighted by atomic mass is 10.0. The van der Waals surface area contributed by atoms with Gasteiger partial charge in [0.15, 0.2) is 0 Å². The molecular formula is C21H25F4N7O3. The molecule has 2 aromatic rings. The van der Waals surface area contributed by atoms with Crippen LogP contribution in [0.5, 0.6) is 0 Å². The second kappa shape index (κ2) is 9.80. The SMILES string of the molecule is CNC(=O)c1cc(N2CC[C@H](N(C)C(=O)Nc3cc(C(F)(F)F)cn(C)c3=O)[C@H](F)C2)cnc1N. The number of alkyl halides is 4. The van der Waals surface area contributed by atoms with E-state index >= 15 is 4.39 Å². The maximum absolute atomic E-state index is 15.1. The monoisotopic (exact) mass is 499 g/mol. The van der Waals surface area contributed by atoms with E-state index in [9.17, 15) is 27.6 Å². The number of carbonyl (C=O) groups is 2. The van der Waals surface area contributed by atoms with E-state index in [0.29, 0.717) is 29.1 Å². The molecule has 0 radical (unpaired) electrons. The summed E-state index contributed by atoms with van der Waals surface area (Å²) in [5, 5.41) is 4.61. The normalized spacial score (nSPS) is 18.2. The van der Waals surface area contributed by atoms with Gasteiger partial charge < -0.3 is 30.7 Å². The van der Waals surface area contributed by atoms with Crippen LogP contribution in [0.3, 0.4) is 0 Å². The smallest absolute Gasteiger partial charge is 0.383 e. The minimum absolute atomic E-state index is 0.0249. The Bertz CT molecular complexity index is 1180. The van der Waals surface area contributed by atoms with Crippen molar-refractivity contribution in [2.24, 2.45) is 7.05 Å². The first kappa shape index (κ1) is 25.8. The van der Waals surface area contributed by atoms with Crippen LogP contribution in [0.2, 0.25) is 0 Å². The van der Waals surface area contributed by atoms with Gasteiger partial charge in [-0.2, -0.15) is 13.2 Å². The highest BCUT2D eigenvalue weighted by atomic mass is 19.4. The van der Waals surface area contributed by atoms with Crippen LogP contribution in [0.4, 0.5) is 39.5 Å². The topological polar surface area (TPSA) is 126 Å². The van der Waals surface area contributed by atoms with Crippen LogP contribution in [-0.4, -0.2) is 65.8 Å². The number of nitrogens with zero attached hydrogens (tertiary/aromatic N) is 4. The predicted octanol–water partition coefficient (Wildman–Crippen LogP) is 1.82. The molecule has 0 aliphatic carbocycles. The van der Waals surface area contributed by atoms with E-state index in [2.05, 4.69) is 15.6 Å². The number of nitrogens with two attached hydrogens (primary N) is 1. The first-order valence-corrected chi connectivity index (χ1v) is 10.5. The number of carbonyl (C=O) groups excluding carboxylic acids is 2. The second-order valence-electron chi connectivity index (χ2n) is 8.12. The molecule has 190 valence electrons. The molecule has 1 saturated heterocycles. The van der Waals surface area contributed by atoms with Gasteiger partial charge in [0.2, 0.25) is 0 Å². The first-order valence-electron chi connectivity index (χ1n) is 10.5. The van der Waals surface area contributed by atoms with Gasteiger partial charge >= 0.3 is 12.2 Å². The predicted molar refractivity (Wildman–Crippen MR) is 121 cm³/mol. The molecule has 0 spiro atoms. The van der Waals surface area contributed by atoms with Crippen LogP contribution >= 0.6 is 0 Å². The zero-order chi connectivity index (χ0) is 26.1. The minimum Gasteiger partial charge on any atom is -0.383 e. The van der Waals surface area contributed by atoms with Gasteiger partial charge in [0.1, 0.15) is 17.7 Å². The Morgan fingerprint density at radius 3 is 2.57 bits per heavy atom. The Kier molecular flexibility index (Phi) is 7.22. The number of urea groups is 1. The van der Waals surface area contributed by atoms with Crippen molar-refractivity contribution in [3.05, 3.63) is 46.0 Å². The number of pyridine rings is 2. The Balaban J connectivity index is 1.72. The summed E-state index contributed by atoms with van der Waals surface area (Å²) < 4.78 is 55.0. The van der Waals surface area contributed by atoms with Crippen molar-refractivity contribution in [1.82, 2.24) is 19.8 Å². The standard InChI is InChI=1S/C21H25F4N7O3/c1-27-18(33)13-7-12(8-28-17(13)26)32-5-4-16(14(22)10-32)31(3)20(35)29-15-6-11(21(23,24)25)9-30(2)19(15)34/h6-9,14,16H,4-5,10H2,1-3H3,(H2,26,28)(H,27,33)(H,29,35)/t14-,16+/m1/s1. The molecular weight excluding hydrogens is 474 g/mol. The highest BCUT2D eigenvalue weighted by Gasteiger charge is 2.36. The highest BCUT2D eigenvalue weighted by Crippen LogP contribution is 2.30. The summed E-state index contributed by atoms with van der Waals surface area (Å²) in [7, 11) is 3.87. The maximum Gasteiger partial charge on any atom is 0.417 e. The number of piperidine rings is 1. The van der Waals surface area contributed by atoms with Crippen LogP contribution in [0, 0.1) is 0 Å². The van der Waals surface area contributed by atoms with Crippen LogP contribution in [0.1, 0.15) is 22.3 Å². The third kappa shape index (κ3) is 5.46. The lowest BCUT2D eigenvalue weighted by Gasteiger charge is -2.40. The van der Waals surface area contributed by atoms with Gasteiger partial charge in [0, 0.05) is 33.9 Å². The van der Waals surface area contributed by atoms with Gasteiger partial charge in [-0.25, -0.2) is 14.2 Å². The van der Waals surface area contributed by atoms with Gasteiger partial charge in [-0.3, -0.25) is 9.59 Å². The molecule has 0 saturated carbocycles. The number of rotatable bonds is 4. The van der Waals surface area contributed by atoms with E-state index in [1.807, 2.05) is 0 Å². The number of amides is 3. The number of hydrogen-bond donors (Lipinski definition) is 3. The lowest BCUT2D eigenvalue weighted by Crippen LogP contribution is -2.54. The van der Waals surface area contributed by atoms with Crippen molar-refractivity contribution in [1.29, 1.82) is 0 Å². The van der Waals surface area contributed by atoms with Gasteiger partial charge in [0.25, 0.3) is 11.5 Å². The second-order valence-corrected chi connectivity index (χ2v) is 8.12. The number of nitrogens with one attached hydrogen (secondary N) is 2. The molecule has 3 rings (SSSR count). The summed E-state index contributed by atoms with van der Waals surface area (Å²) in [6.45, 7) is 0.166. The number of anilines is 3. The average Bonchev–Trinajstić information content (AvgIpc) is 2.80. The van der Waals surface area contributed by atoms with E-state index in [1.54, 1.807) is 4.90 Å². The molecule has 35 heavy (non-hydrogen) atoms. The lowest BCUT2D eigenvalue weighted by molar-refractivity contribution is -0.138. The quantitative estimate of drug-likeness (QED) is 0.551. The molecule has 0 bridgehead atoms. The van der Waals surface area contributed by atoms with Crippen LogP contribution in [0.15, 0.2) is 29.3 Å². The molecule has 10 nitrogen and oxygen atoms in total. The van der Waals surface area contributed by atoms with E-state index < -0.39 is 47.1 Å². The molecule has 0 unspecified atom stereocenters. The van der Waals surface area contributed by atoms with Gasteiger partial charge in [-0.05, 0) is 18.6 Å². The van der Waals surface area contributed by atoms with E-state index in [0.717, 1.165) is 11.9 Å². The molecule has 4 N–H and O–H groups in total. The fraction of sp³-hybridized carbons (Fsp3) is 0.429. The minimum atomic E-state index is -4.72. The highest BCUT2D eigenvalue weighted by molar-refractivity contribution is 5.99. The molecule has 1 aliphatic rings. The van der Waals surface area contributed by atoms with Gasteiger partial charge in [-0.15, -0.1) is 0 Å². The Labute approximate surface area is 197 Å². The summed E-state index contributed by atoms with van der Waals surface area (Å²) in [5.74, 6) is -0.419. The summed E-state index contributed by atoms with van der Waals surface area (Å²) >= 11 is 0. The molecule has 0 aromatic carbocycles. The fourth-order valence-electron chi connectivity index (χ4n) is 3.83. The van der Waals surface area contributed by atoms with E-state index in [4.69, 9.17) is 5.73 Å². The molecule has 1 aliphatic heterocycles. The first-order chi connectivity index (χ1) is 16.3. The van der Waals surface area contributed by atoms with Crippen LogP contribution in [-0.2, 0) is 13.2 Å². The van der Waals surface area contributed by atoms with Crippen LogP contribution in [0.25, 0.3) is 0 Å². The zero-order valence-electron chi connectivity index (χ0n) is 19.2. The Morgan fingerprint density at radius 1 is 1.29 bits per heavy atom. The Morgan fingerprint density at radius 2 is 1.97 bits per heavy atom. The number of hydrogen-bond acceptors (Lipinski definition) is 6. The Hall–Kier alpha value is -3.84. The van der Waals surface area contributed by atoms with Crippen molar-refractivity contribution in [2.75, 3.05) is 43.1 Å². The third-order valence-electron chi connectivity index (χ3n) is 5.82. The number of aromatic nitrogens is 2. The zero-order valence-corrected chi connectivity index (χ0v) is 19.2.